The molecule has 1 aromatic carbocycles. The third-order valence-electron chi connectivity index (χ3n) is 6.03. The van der Waals surface area contributed by atoms with Crippen LogP contribution in [0.15, 0.2) is 30.3 Å². The van der Waals surface area contributed by atoms with Gasteiger partial charge in [0.2, 0.25) is 5.91 Å². The van der Waals surface area contributed by atoms with Gasteiger partial charge in [0, 0.05) is 19.4 Å². The van der Waals surface area contributed by atoms with Crippen LogP contribution in [0.2, 0.25) is 0 Å². The zero-order valence-corrected chi connectivity index (χ0v) is 14.1. The molecule has 1 aromatic rings. The summed E-state index contributed by atoms with van der Waals surface area (Å²) in [6, 6.07) is 9.63. The van der Waals surface area contributed by atoms with E-state index in [4.69, 9.17) is 9.47 Å². The van der Waals surface area contributed by atoms with Crippen LogP contribution in [0.5, 0.6) is 0 Å². The monoisotopic (exact) mass is 351 g/mol. The number of hydrogen-bond donors (Lipinski definition) is 0. The van der Waals surface area contributed by atoms with Crippen molar-refractivity contribution in [1.82, 2.24) is 4.90 Å². The molecule has 2 heterocycles. The molecule has 0 bridgehead atoms. The molecule has 0 aromatic heterocycles. The van der Waals surface area contributed by atoms with Crippen LogP contribution in [0.3, 0.4) is 0 Å². The van der Waals surface area contributed by atoms with Crippen LogP contribution >= 0.6 is 0 Å². The predicted molar refractivity (Wildman–Crippen MR) is 87.3 cm³/mol. The van der Waals surface area contributed by atoms with Crippen LogP contribution in [0.1, 0.15) is 31.2 Å². The fourth-order valence-corrected chi connectivity index (χ4v) is 4.91. The van der Waals surface area contributed by atoms with Gasteiger partial charge in [0.1, 0.15) is 0 Å². The summed E-state index contributed by atoms with van der Waals surface area (Å²) in [5.41, 5.74) is 0.186. The predicted octanol–water partition coefficient (Wildman–Crippen LogP) is 2.97. The molecule has 3 fully saturated rings. The van der Waals surface area contributed by atoms with Gasteiger partial charge in [-0.3, -0.25) is 4.79 Å². The summed E-state index contributed by atoms with van der Waals surface area (Å²) in [6.07, 6.45) is 0.0231. The van der Waals surface area contributed by atoms with E-state index in [2.05, 4.69) is 0 Å². The average Bonchev–Trinajstić information content (AvgIpc) is 3.06. The van der Waals surface area contributed by atoms with Crippen LogP contribution < -0.4 is 0 Å². The molecule has 1 aliphatic carbocycles. The highest BCUT2D eigenvalue weighted by Crippen LogP contribution is 2.53. The largest absolute Gasteiger partial charge is 0.348 e. The van der Waals surface area contributed by atoms with Crippen LogP contribution in [0.4, 0.5) is 8.78 Å². The molecule has 0 radical (unpaired) electrons. The topological polar surface area (TPSA) is 38.8 Å². The van der Waals surface area contributed by atoms with Crippen LogP contribution in [0, 0.1) is 5.92 Å². The zero-order valence-electron chi connectivity index (χ0n) is 14.1. The quantitative estimate of drug-likeness (QED) is 0.840. The summed E-state index contributed by atoms with van der Waals surface area (Å²) < 4.78 is 37.6. The Bertz CT molecular complexity index is 633. The number of alkyl halides is 2. The highest BCUT2D eigenvalue weighted by atomic mass is 19.3. The molecule has 1 spiro atoms. The van der Waals surface area contributed by atoms with Crippen LogP contribution in [-0.4, -0.2) is 49.3 Å². The fraction of sp³-hybridized carbons (Fsp3) is 0.632. The number of nitrogens with zero attached hydrogens (tertiary/aromatic N) is 1. The molecule has 3 aliphatic rings. The average molecular weight is 351 g/mol. The number of piperidine rings is 1. The maximum absolute atomic E-state index is 13.3. The van der Waals surface area contributed by atoms with Crippen molar-refractivity contribution in [2.75, 3.05) is 26.3 Å². The molecule has 4 rings (SSSR count). The van der Waals surface area contributed by atoms with E-state index in [1.54, 1.807) is 0 Å². The first-order chi connectivity index (χ1) is 12.1. The summed E-state index contributed by atoms with van der Waals surface area (Å²) in [5, 5.41) is 0. The second kappa shape index (κ2) is 6.32. The molecule has 0 N–H and O–H groups in total. The number of fused-ring (bicyclic) bond motifs is 1. The Labute approximate surface area is 146 Å². The van der Waals surface area contributed by atoms with E-state index in [9.17, 15) is 13.6 Å². The van der Waals surface area contributed by atoms with Gasteiger partial charge in [0.05, 0.1) is 25.2 Å². The Hall–Kier alpha value is -1.53. The lowest BCUT2D eigenvalue weighted by Crippen LogP contribution is -2.61. The van der Waals surface area contributed by atoms with Gasteiger partial charge < -0.3 is 14.4 Å². The minimum absolute atomic E-state index is 0.0446. The lowest BCUT2D eigenvalue weighted by atomic mass is 9.57. The van der Waals surface area contributed by atoms with Crippen molar-refractivity contribution >= 4 is 5.91 Å². The second-order valence-electron chi connectivity index (χ2n) is 7.28. The van der Waals surface area contributed by atoms with Gasteiger partial charge >= 0.3 is 0 Å². The SMILES string of the molecule is O=C1N(CC(F)F)CCC2CC3(CCC12c1ccccc1)OCCO3. The number of likely N-dealkylation sites (tertiary alicyclic amines) is 1. The molecule has 136 valence electrons. The molecule has 4 nitrogen and oxygen atoms in total. The third-order valence-corrected chi connectivity index (χ3v) is 6.03. The Morgan fingerprint density at radius 3 is 2.56 bits per heavy atom. The van der Waals surface area contributed by atoms with Gasteiger partial charge in [0.15, 0.2) is 5.79 Å². The Kier molecular flexibility index (Phi) is 4.28. The van der Waals surface area contributed by atoms with Gasteiger partial charge in [-0.2, -0.15) is 0 Å². The summed E-state index contributed by atoms with van der Waals surface area (Å²) in [6.45, 7) is 1.05. The minimum Gasteiger partial charge on any atom is -0.348 e. The summed E-state index contributed by atoms with van der Waals surface area (Å²) in [4.78, 5) is 14.7. The molecule has 2 saturated heterocycles. The van der Waals surface area contributed by atoms with E-state index >= 15 is 0 Å². The summed E-state index contributed by atoms with van der Waals surface area (Å²) in [5.74, 6) is -0.708. The highest BCUT2D eigenvalue weighted by Gasteiger charge is 2.59. The van der Waals surface area contributed by atoms with Gasteiger partial charge in [0.25, 0.3) is 6.43 Å². The molecular formula is C19H23F2NO3. The van der Waals surface area contributed by atoms with Gasteiger partial charge in [-0.25, -0.2) is 8.78 Å². The Morgan fingerprint density at radius 1 is 1.16 bits per heavy atom. The van der Waals surface area contributed by atoms with E-state index in [1.165, 1.54) is 4.90 Å². The number of carbonyl (C=O) groups excluding carboxylic acids is 1. The van der Waals surface area contributed by atoms with E-state index in [0.29, 0.717) is 45.4 Å². The number of amides is 1. The van der Waals surface area contributed by atoms with E-state index < -0.39 is 24.2 Å². The number of halogens is 2. The van der Waals surface area contributed by atoms with Crippen molar-refractivity contribution in [3.8, 4) is 0 Å². The minimum atomic E-state index is -2.51. The number of carbonyl (C=O) groups is 1. The van der Waals surface area contributed by atoms with E-state index in [0.717, 1.165) is 5.56 Å². The zero-order chi connectivity index (χ0) is 17.5. The summed E-state index contributed by atoms with van der Waals surface area (Å²) in [7, 11) is 0. The van der Waals surface area contributed by atoms with Crippen molar-refractivity contribution in [1.29, 1.82) is 0 Å². The molecule has 2 aliphatic heterocycles. The lowest BCUT2D eigenvalue weighted by molar-refractivity contribution is -0.206. The maximum Gasteiger partial charge on any atom is 0.255 e. The highest BCUT2D eigenvalue weighted by molar-refractivity contribution is 5.89. The van der Waals surface area contributed by atoms with Crippen molar-refractivity contribution in [2.24, 2.45) is 5.92 Å². The first kappa shape index (κ1) is 16.9. The molecular weight excluding hydrogens is 328 g/mol. The molecule has 2 atom stereocenters. The molecule has 25 heavy (non-hydrogen) atoms. The number of rotatable bonds is 3. The van der Waals surface area contributed by atoms with Crippen LogP contribution in [-0.2, 0) is 19.7 Å². The van der Waals surface area contributed by atoms with Crippen molar-refractivity contribution < 1.29 is 23.0 Å². The van der Waals surface area contributed by atoms with Gasteiger partial charge in [-0.1, -0.05) is 30.3 Å². The molecule has 6 heteroatoms. The Morgan fingerprint density at radius 2 is 1.88 bits per heavy atom. The van der Waals surface area contributed by atoms with E-state index in [-0.39, 0.29) is 11.8 Å². The van der Waals surface area contributed by atoms with Crippen molar-refractivity contribution in [2.45, 2.75) is 43.3 Å². The Balaban J connectivity index is 1.71. The van der Waals surface area contributed by atoms with Gasteiger partial charge in [-0.15, -0.1) is 0 Å². The van der Waals surface area contributed by atoms with Crippen molar-refractivity contribution in [3.63, 3.8) is 0 Å². The van der Waals surface area contributed by atoms with Gasteiger partial charge in [-0.05, 0) is 24.3 Å². The first-order valence-electron chi connectivity index (χ1n) is 8.97. The number of hydrogen-bond acceptors (Lipinski definition) is 3. The normalized spacial score (nSPS) is 31.6. The first-order valence-corrected chi connectivity index (χ1v) is 8.97. The fourth-order valence-electron chi connectivity index (χ4n) is 4.91. The summed E-state index contributed by atoms with van der Waals surface area (Å²) >= 11 is 0. The number of benzene rings is 1. The molecule has 2 unspecified atom stereocenters. The third kappa shape index (κ3) is 2.75. The van der Waals surface area contributed by atoms with Crippen LogP contribution in [0.25, 0.3) is 0 Å². The second-order valence-corrected chi connectivity index (χ2v) is 7.28. The standard InChI is InChI=1S/C19H23F2NO3/c20-16(21)13-22-9-6-15-12-18(24-10-11-25-18)7-8-19(15,17(22)23)14-4-2-1-3-5-14/h1-5,15-16H,6-13H2. The van der Waals surface area contributed by atoms with E-state index in [1.807, 2.05) is 30.3 Å². The lowest BCUT2D eigenvalue weighted by Gasteiger charge is -2.53. The van der Waals surface area contributed by atoms with Crippen molar-refractivity contribution in [3.05, 3.63) is 35.9 Å². The molecule has 1 amide bonds. The maximum atomic E-state index is 13.3. The molecule has 1 saturated carbocycles. The smallest absolute Gasteiger partial charge is 0.255 e. The number of ether oxygens (including phenoxy) is 2.